The zero-order chi connectivity index (χ0) is 31.5. The first-order valence-corrected chi connectivity index (χ1v) is 19.4. The Balaban J connectivity index is 1.39. The molecular weight excluding hydrogens is 566 g/mol. The monoisotopic (exact) mass is 615 g/mol. The quantitative estimate of drug-likeness (QED) is 0.197. The molecule has 0 radical (unpaired) electrons. The van der Waals surface area contributed by atoms with E-state index >= 15 is 0 Å². The summed E-state index contributed by atoms with van der Waals surface area (Å²) in [6, 6.07) is 5.74. The molecule has 4 amide bonds. The van der Waals surface area contributed by atoms with Crippen LogP contribution in [0.2, 0.25) is 25.7 Å². The third-order valence-corrected chi connectivity index (χ3v) is 9.91. The maximum Gasteiger partial charge on any atom is 0.410 e. The first-order valence-electron chi connectivity index (χ1n) is 15.7. The molecule has 1 unspecified atom stereocenters. The van der Waals surface area contributed by atoms with Crippen molar-refractivity contribution in [2.75, 3.05) is 19.9 Å². The Morgan fingerprint density at radius 3 is 2.49 bits per heavy atom. The van der Waals surface area contributed by atoms with Crippen molar-refractivity contribution in [1.29, 1.82) is 0 Å². The summed E-state index contributed by atoms with van der Waals surface area (Å²) in [6.45, 7) is 15.6. The molecule has 238 valence electrons. The smallest absolute Gasteiger partial charge is 0.410 e. The third-order valence-electron chi connectivity index (χ3n) is 8.20. The van der Waals surface area contributed by atoms with Crippen molar-refractivity contribution in [2.24, 2.45) is 0 Å². The molecule has 0 N–H and O–H groups in total. The summed E-state index contributed by atoms with van der Waals surface area (Å²) >= 11 is 0. The van der Waals surface area contributed by atoms with Gasteiger partial charge in [-0.3, -0.25) is 19.3 Å². The van der Waals surface area contributed by atoms with Crippen LogP contribution in [0.4, 0.5) is 4.79 Å². The largest absolute Gasteiger partial charge is 0.489 e. The van der Waals surface area contributed by atoms with Gasteiger partial charge in [-0.05, 0) is 76.3 Å². The lowest BCUT2D eigenvalue weighted by molar-refractivity contribution is -0.158. The first kappa shape index (κ1) is 33.0. The highest BCUT2D eigenvalue weighted by Crippen LogP contribution is 2.33. The van der Waals surface area contributed by atoms with Gasteiger partial charge in [0.05, 0.1) is 6.54 Å². The number of rotatable bonds is 10. The molecule has 1 aromatic rings. The highest BCUT2D eigenvalue weighted by Gasteiger charge is 2.43. The molecule has 2 fully saturated rings. The van der Waals surface area contributed by atoms with Crippen molar-refractivity contribution >= 4 is 31.9 Å². The number of carbonyl (C=O) groups excluding carboxylic acids is 4. The summed E-state index contributed by atoms with van der Waals surface area (Å²) in [6.07, 6.45) is 3.50. The van der Waals surface area contributed by atoms with Crippen molar-refractivity contribution in [2.45, 2.75) is 122 Å². The molecule has 2 saturated heterocycles. The van der Waals surface area contributed by atoms with E-state index in [4.69, 9.17) is 14.2 Å². The highest BCUT2D eigenvalue weighted by molar-refractivity contribution is 6.76. The number of hydrogen-bond acceptors (Lipinski definition) is 7. The van der Waals surface area contributed by atoms with E-state index in [0.717, 1.165) is 42.2 Å². The SMILES string of the molecule is CCC[C@H]1CC[C@@H](Oc2ccc3c(c2)CN(C2CCC(=O)N(COCC[Si](C)(C)C)C2=O)C3=O)CN1C(=O)OC(C)(C)C. The molecule has 0 aliphatic carbocycles. The summed E-state index contributed by atoms with van der Waals surface area (Å²) in [7, 11) is -1.30. The molecule has 1 aromatic carbocycles. The minimum absolute atomic E-state index is 0.0770. The van der Waals surface area contributed by atoms with E-state index < -0.39 is 19.7 Å². The van der Waals surface area contributed by atoms with Crippen molar-refractivity contribution in [3.8, 4) is 5.75 Å². The lowest BCUT2D eigenvalue weighted by Crippen LogP contribution is -2.55. The fraction of sp³-hybridized carbons (Fsp3) is 0.688. The second kappa shape index (κ2) is 13.4. The van der Waals surface area contributed by atoms with Gasteiger partial charge in [0, 0.05) is 39.3 Å². The number of piperidine rings is 2. The average molecular weight is 616 g/mol. The topological polar surface area (TPSA) is 106 Å². The van der Waals surface area contributed by atoms with Crippen molar-refractivity contribution in [1.82, 2.24) is 14.7 Å². The van der Waals surface area contributed by atoms with E-state index in [1.165, 1.54) is 0 Å². The second-order valence-electron chi connectivity index (χ2n) is 14.2. The fourth-order valence-electron chi connectivity index (χ4n) is 5.89. The predicted octanol–water partition coefficient (Wildman–Crippen LogP) is 5.42. The Morgan fingerprint density at radius 1 is 1.07 bits per heavy atom. The van der Waals surface area contributed by atoms with Crippen LogP contribution < -0.4 is 4.74 Å². The molecule has 3 aliphatic heterocycles. The van der Waals surface area contributed by atoms with E-state index in [2.05, 4.69) is 26.6 Å². The minimum Gasteiger partial charge on any atom is -0.489 e. The molecule has 43 heavy (non-hydrogen) atoms. The summed E-state index contributed by atoms with van der Waals surface area (Å²) in [5, 5.41) is 0. The fourth-order valence-corrected chi connectivity index (χ4v) is 6.64. The van der Waals surface area contributed by atoms with Crippen molar-refractivity contribution in [3.63, 3.8) is 0 Å². The summed E-state index contributed by atoms with van der Waals surface area (Å²) < 4.78 is 17.7. The molecule has 11 heteroatoms. The summed E-state index contributed by atoms with van der Waals surface area (Å²) in [5.74, 6) is -0.236. The van der Waals surface area contributed by atoms with E-state index in [9.17, 15) is 19.2 Å². The van der Waals surface area contributed by atoms with Gasteiger partial charge in [0.2, 0.25) is 5.91 Å². The van der Waals surface area contributed by atoms with Crippen LogP contribution in [-0.4, -0.2) is 90.3 Å². The zero-order valence-electron chi connectivity index (χ0n) is 26.9. The Labute approximate surface area is 257 Å². The Hall–Kier alpha value is -2.92. The standard InChI is InChI=1S/C32H49N3O7Si/c1-8-9-23-10-11-25(20-33(23)31(39)42-32(2,3)4)41-24-12-13-26-22(18-24)19-34(29(26)37)27-14-15-28(36)35(30(27)38)21-40-16-17-43(5,6)7/h12-13,18,23,25,27H,8-11,14-17,19-21H2,1-7H3/t23-,25+,27?/m0/s1. The maximum atomic E-state index is 13.4. The first-order chi connectivity index (χ1) is 20.2. The van der Waals surface area contributed by atoms with E-state index in [1.54, 1.807) is 21.9 Å². The lowest BCUT2D eigenvalue weighted by atomic mass is 9.97. The second-order valence-corrected chi connectivity index (χ2v) is 19.8. The molecule has 0 bridgehead atoms. The van der Waals surface area contributed by atoms with Gasteiger partial charge in [-0.2, -0.15) is 0 Å². The summed E-state index contributed by atoms with van der Waals surface area (Å²) in [5.41, 5.74) is 0.746. The van der Waals surface area contributed by atoms with Crippen LogP contribution in [0, 0.1) is 0 Å². The third kappa shape index (κ3) is 8.38. The van der Waals surface area contributed by atoms with Gasteiger partial charge in [0.15, 0.2) is 0 Å². The van der Waals surface area contributed by atoms with Crippen molar-refractivity contribution in [3.05, 3.63) is 29.3 Å². The van der Waals surface area contributed by atoms with Gasteiger partial charge >= 0.3 is 6.09 Å². The molecular formula is C32H49N3O7Si. The van der Waals surface area contributed by atoms with Crippen LogP contribution in [0.1, 0.15) is 82.1 Å². The van der Waals surface area contributed by atoms with Gasteiger partial charge in [-0.1, -0.05) is 33.0 Å². The highest BCUT2D eigenvalue weighted by atomic mass is 28.3. The Kier molecular flexibility index (Phi) is 10.3. The van der Waals surface area contributed by atoms with Gasteiger partial charge in [0.25, 0.3) is 11.8 Å². The number of likely N-dealkylation sites (tertiary alicyclic amines) is 2. The molecule has 10 nitrogen and oxygen atoms in total. The van der Waals surface area contributed by atoms with Crippen LogP contribution in [-0.2, 0) is 25.6 Å². The zero-order valence-corrected chi connectivity index (χ0v) is 27.9. The van der Waals surface area contributed by atoms with Gasteiger partial charge in [0.1, 0.15) is 30.2 Å². The number of benzene rings is 1. The van der Waals surface area contributed by atoms with Crippen LogP contribution in [0.25, 0.3) is 0 Å². The van der Waals surface area contributed by atoms with Crippen LogP contribution in [0.15, 0.2) is 18.2 Å². The van der Waals surface area contributed by atoms with E-state index in [0.29, 0.717) is 30.9 Å². The molecule has 4 rings (SSSR count). The number of carbonyl (C=O) groups is 4. The van der Waals surface area contributed by atoms with Crippen molar-refractivity contribution < 1.29 is 33.4 Å². The van der Waals surface area contributed by atoms with Gasteiger partial charge in [-0.15, -0.1) is 0 Å². The molecule has 3 aliphatic rings. The number of amides is 4. The predicted molar refractivity (Wildman–Crippen MR) is 165 cm³/mol. The number of hydrogen-bond donors (Lipinski definition) is 0. The number of nitrogens with zero attached hydrogens (tertiary/aromatic N) is 3. The minimum atomic E-state index is -1.30. The van der Waals surface area contributed by atoms with Gasteiger partial charge in [-0.25, -0.2) is 4.79 Å². The molecule has 0 spiro atoms. The number of fused-ring (bicyclic) bond motifs is 1. The lowest BCUT2D eigenvalue weighted by Gasteiger charge is -2.40. The van der Waals surface area contributed by atoms with E-state index in [1.807, 2.05) is 26.8 Å². The van der Waals surface area contributed by atoms with Crippen LogP contribution in [0.3, 0.4) is 0 Å². The molecule has 0 saturated carbocycles. The maximum absolute atomic E-state index is 13.4. The molecule has 3 heterocycles. The molecule has 0 aromatic heterocycles. The van der Waals surface area contributed by atoms with Crippen LogP contribution in [0.5, 0.6) is 5.75 Å². The summed E-state index contributed by atoms with van der Waals surface area (Å²) in [4.78, 5) is 56.8. The number of ether oxygens (including phenoxy) is 3. The van der Waals surface area contributed by atoms with Crippen LogP contribution >= 0.6 is 0 Å². The Bertz CT molecular complexity index is 1210. The van der Waals surface area contributed by atoms with E-state index in [-0.39, 0.29) is 55.7 Å². The Morgan fingerprint density at radius 2 is 1.81 bits per heavy atom. The number of imide groups is 1. The normalized spacial score (nSPS) is 23.1. The molecule has 3 atom stereocenters. The van der Waals surface area contributed by atoms with Gasteiger partial charge < -0.3 is 24.0 Å². The average Bonchev–Trinajstić information content (AvgIpc) is 3.22.